The number of anilines is 1. The van der Waals surface area contributed by atoms with Crippen molar-refractivity contribution in [3.63, 3.8) is 0 Å². The smallest absolute Gasteiger partial charge is 0.0652 e. The first-order valence-electron chi connectivity index (χ1n) is 3.42. The Balaban J connectivity index is 3.37. The molecule has 1 rings (SSSR count). The van der Waals surface area contributed by atoms with Crippen LogP contribution >= 0.6 is 27.5 Å². The zero-order valence-electron chi connectivity index (χ0n) is 6.70. The summed E-state index contributed by atoms with van der Waals surface area (Å²) in [6.07, 6.45) is 0. The summed E-state index contributed by atoms with van der Waals surface area (Å²) in [6, 6.07) is 3.67. The Morgan fingerprint density at radius 1 is 1.58 bits per heavy atom. The molecule has 0 aliphatic rings. The minimum absolute atomic E-state index is 0.558. The molecule has 1 aromatic carbocycles. The molecule has 0 heterocycles. The van der Waals surface area contributed by atoms with E-state index in [4.69, 9.17) is 17.3 Å². The summed E-state index contributed by atoms with van der Waals surface area (Å²) in [4.78, 5) is 0. The Morgan fingerprint density at radius 3 is 2.67 bits per heavy atom. The lowest BCUT2D eigenvalue weighted by molar-refractivity contribution is 1.54. The average Bonchev–Trinajstić information content (AvgIpc) is 1.96. The third-order valence-electron chi connectivity index (χ3n) is 1.55. The molecule has 1 nitrogen and oxygen atoms in total. The summed E-state index contributed by atoms with van der Waals surface area (Å²) in [5, 5.41) is 0.558. The summed E-state index contributed by atoms with van der Waals surface area (Å²) < 4.78 is 0.916. The maximum absolute atomic E-state index is 5.87. The monoisotopic (exact) mass is 245 g/mol. The van der Waals surface area contributed by atoms with Crippen LogP contribution in [0.1, 0.15) is 12.5 Å². The van der Waals surface area contributed by atoms with E-state index in [-0.39, 0.29) is 0 Å². The quantitative estimate of drug-likeness (QED) is 0.751. The molecule has 3 heteroatoms. The van der Waals surface area contributed by atoms with Gasteiger partial charge in [0.25, 0.3) is 0 Å². The molecule has 0 radical (unpaired) electrons. The van der Waals surface area contributed by atoms with Crippen molar-refractivity contribution < 1.29 is 0 Å². The number of nitrogens with two attached hydrogens (primary N) is 1. The van der Waals surface area contributed by atoms with E-state index in [2.05, 4.69) is 22.5 Å². The van der Waals surface area contributed by atoms with Gasteiger partial charge >= 0.3 is 0 Å². The highest BCUT2D eigenvalue weighted by molar-refractivity contribution is 9.10. The van der Waals surface area contributed by atoms with Crippen molar-refractivity contribution >= 4 is 38.8 Å². The van der Waals surface area contributed by atoms with Gasteiger partial charge in [-0.25, -0.2) is 0 Å². The summed E-state index contributed by atoms with van der Waals surface area (Å²) in [7, 11) is 0. The number of halogens is 2. The highest BCUT2D eigenvalue weighted by atomic mass is 79.9. The fourth-order valence-corrected chi connectivity index (χ4v) is 1.75. The predicted octanol–water partition coefficient (Wildman–Crippen LogP) is 3.72. The molecule has 0 aromatic heterocycles. The fourth-order valence-electron chi connectivity index (χ4n) is 0.938. The van der Waals surface area contributed by atoms with Gasteiger partial charge in [-0.3, -0.25) is 0 Å². The molecule has 0 spiro atoms. The zero-order valence-corrected chi connectivity index (χ0v) is 9.04. The van der Waals surface area contributed by atoms with Crippen LogP contribution in [-0.4, -0.2) is 0 Å². The van der Waals surface area contributed by atoms with Crippen LogP contribution in [0.2, 0.25) is 5.02 Å². The van der Waals surface area contributed by atoms with E-state index in [1.807, 2.05) is 13.0 Å². The average molecular weight is 247 g/mol. The molecule has 64 valence electrons. The molecule has 0 atom stereocenters. The van der Waals surface area contributed by atoms with Gasteiger partial charge < -0.3 is 5.73 Å². The molecular formula is C9H9BrClN. The van der Waals surface area contributed by atoms with E-state index in [0.29, 0.717) is 10.7 Å². The standard InChI is InChI=1S/C9H9BrClN/c1-5(2)7-3-6(10)4-8(11)9(7)12/h3-4H,1,12H2,2H3. The Morgan fingerprint density at radius 2 is 2.17 bits per heavy atom. The van der Waals surface area contributed by atoms with Crippen LogP contribution in [0.4, 0.5) is 5.69 Å². The van der Waals surface area contributed by atoms with Gasteiger partial charge in [-0.15, -0.1) is 0 Å². The third kappa shape index (κ3) is 1.82. The maximum Gasteiger partial charge on any atom is 0.0652 e. The number of hydrogen-bond acceptors (Lipinski definition) is 1. The van der Waals surface area contributed by atoms with Crippen LogP contribution in [0.5, 0.6) is 0 Å². The molecule has 0 aliphatic heterocycles. The van der Waals surface area contributed by atoms with Crippen molar-refractivity contribution in [1.82, 2.24) is 0 Å². The Labute approximate surface area is 85.3 Å². The Bertz CT molecular complexity index is 334. The van der Waals surface area contributed by atoms with Crippen LogP contribution in [0.15, 0.2) is 23.2 Å². The largest absolute Gasteiger partial charge is 0.397 e. The molecule has 0 aliphatic carbocycles. The zero-order chi connectivity index (χ0) is 9.30. The molecule has 0 bridgehead atoms. The van der Waals surface area contributed by atoms with Crippen LogP contribution in [-0.2, 0) is 0 Å². The molecule has 12 heavy (non-hydrogen) atoms. The van der Waals surface area contributed by atoms with E-state index in [1.165, 1.54) is 0 Å². The Kier molecular flexibility index (Phi) is 2.80. The third-order valence-corrected chi connectivity index (χ3v) is 2.32. The number of allylic oxidation sites excluding steroid dienone is 1. The minimum atomic E-state index is 0.558. The van der Waals surface area contributed by atoms with E-state index in [1.54, 1.807) is 6.07 Å². The van der Waals surface area contributed by atoms with Gasteiger partial charge in [-0.2, -0.15) is 0 Å². The summed E-state index contributed by atoms with van der Waals surface area (Å²) in [5.74, 6) is 0. The maximum atomic E-state index is 5.87. The van der Waals surface area contributed by atoms with Crippen molar-refractivity contribution in [2.75, 3.05) is 5.73 Å². The van der Waals surface area contributed by atoms with Crippen LogP contribution < -0.4 is 5.73 Å². The van der Waals surface area contributed by atoms with Gasteiger partial charge in [0.1, 0.15) is 0 Å². The van der Waals surface area contributed by atoms with E-state index in [0.717, 1.165) is 15.6 Å². The summed E-state index contributed by atoms with van der Waals surface area (Å²) in [6.45, 7) is 5.71. The van der Waals surface area contributed by atoms with E-state index in [9.17, 15) is 0 Å². The molecule has 0 amide bonds. The van der Waals surface area contributed by atoms with Gasteiger partial charge in [0, 0.05) is 10.0 Å². The van der Waals surface area contributed by atoms with Gasteiger partial charge in [0.2, 0.25) is 0 Å². The summed E-state index contributed by atoms with van der Waals surface area (Å²) in [5.41, 5.74) is 8.14. The van der Waals surface area contributed by atoms with Crippen molar-refractivity contribution in [2.24, 2.45) is 0 Å². The Hall–Kier alpha value is -0.470. The molecule has 1 aromatic rings. The lowest BCUT2D eigenvalue weighted by Crippen LogP contribution is -1.92. The second-order valence-corrected chi connectivity index (χ2v) is 3.95. The minimum Gasteiger partial charge on any atom is -0.397 e. The second kappa shape index (κ2) is 3.50. The molecule has 0 saturated carbocycles. The van der Waals surface area contributed by atoms with Gasteiger partial charge in [-0.1, -0.05) is 34.1 Å². The first-order valence-corrected chi connectivity index (χ1v) is 4.60. The number of benzene rings is 1. The lowest BCUT2D eigenvalue weighted by Gasteiger charge is -2.07. The lowest BCUT2D eigenvalue weighted by atomic mass is 10.1. The van der Waals surface area contributed by atoms with Gasteiger partial charge in [0.15, 0.2) is 0 Å². The molecule has 2 N–H and O–H groups in total. The van der Waals surface area contributed by atoms with Crippen molar-refractivity contribution in [2.45, 2.75) is 6.92 Å². The van der Waals surface area contributed by atoms with Crippen LogP contribution in [0.3, 0.4) is 0 Å². The first-order chi connectivity index (χ1) is 5.52. The number of nitrogen functional groups attached to an aromatic ring is 1. The molecule has 0 unspecified atom stereocenters. The highest BCUT2D eigenvalue weighted by Crippen LogP contribution is 2.31. The molecular weight excluding hydrogens is 237 g/mol. The number of hydrogen-bond donors (Lipinski definition) is 1. The SMILES string of the molecule is C=C(C)c1cc(Br)cc(Cl)c1N. The van der Waals surface area contributed by atoms with E-state index >= 15 is 0 Å². The van der Waals surface area contributed by atoms with E-state index < -0.39 is 0 Å². The first kappa shape index (κ1) is 9.62. The van der Waals surface area contributed by atoms with Crippen molar-refractivity contribution in [3.8, 4) is 0 Å². The normalized spacial score (nSPS) is 9.92. The number of rotatable bonds is 1. The van der Waals surface area contributed by atoms with Crippen LogP contribution in [0.25, 0.3) is 5.57 Å². The second-order valence-electron chi connectivity index (χ2n) is 2.63. The molecule has 0 fully saturated rings. The van der Waals surface area contributed by atoms with Gasteiger partial charge in [-0.05, 0) is 24.6 Å². The highest BCUT2D eigenvalue weighted by Gasteiger charge is 2.05. The summed E-state index contributed by atoms with van der Waals surface area (Å²) >= 11 is 9.20. The predicted molar refractivity (Wildman–Crippen MR) is 58.3 cm³/mol. The fraction of sp³-hybridized carbons (Fsp3) is 0.111. The van der Waals surface area contributed by atoms with Crippen molar-refractivity contribution in [3.05, 3.63) is 33.8 Å². The van der Waals surface area contributed by atoms with Gasteiger partial charge in [0.05, 0.1) is 10.7 Å². The van der Waals surface area contributed by atoms with Crippen LogP contribution in [0, 0.1) is 0 Å². The van der Waals surface area contributed by atoms with Crippen molar-refractivity contribution in [1.29, 1.82) is 0 Å². The topological polar surface area (TPSA) is 26.0 Å². The molecule has 0 saturated heterocycles.